The highest BCUT2D eigenvalue weighted by Gasteiger charge is 2.32. The normalized spacial score (nSPS) is 17.2. The molecular formula is C17H16FN5OS. The van der Waals surface area contributed by atoms with E-state index < -0.39 is 0 Å². The molecule has 8 heteroatoms. The predicted molar refractivity (Wildman–Crippen MR) is 89.5 cm³/mol. The molecule has 6 nitrogen and oxygen atoms in total. The first-order valence-electron chi connectivity index (χ1n) is 8.44. The number of halogens is 1. The van der Waals surface area contributed by atoms with Gasteiger partial charge in [-0.05, 0) is 37.8 Å². The van der Waals surface area contributed by atoms with E-state index in [9.17, 15) is 4.39 Å². The molecule has 128 valence electrons. The first kappa shape index (κ1) is 15.1. The van der Waals surface area contributed by atoms with Gasteiger partial charge in [-0.15, -0.1) is 20.4 Å². The van der Waals surface area contributed by atoms with Crippen molar-refractivity contribution in [1.82, 2.24) is 25.0 Å². The summed E-state index contributed by atoms with van der Waals surface area (Å²) in [6.07, 6.45) is 4.41. The zero-order chi connectivity index (χ0) is 16.8. The second-order valence-corrected chi connectivity index (χ2v) is 7.43. The van der Waals surface area contributed by atoms with E-state index in [1.807, 2.05) is 10.6 Å². The number of rotatable bonds is 6. The molecule has 3 aromatic rings. The van der Waals surface area contributed by atoms with Crippen LogP contribution in [0.4, 0.5) is 4.39 Å². The Labute approximate surface area is 147 Å². The maximum Gasteiger partial charge on any atom is 0.226 e. The van der Waals surface area contributed by atoms with Crippen molar-refractivity contribution in [2.75, 3.05) is 0 Å². The number of thioether (sulfide) groups is 1. The van der Waals surface area contributed by atoms with E-state index in [-0.39, 0.29) is 5.82 Å². The summed E-state index contributed by atoms with van der Waals surface area (Å²) in [6.45, 7) is 0. The lowest BCUT2D eigenvalue weighted by atomic mass is 10.2. The van der Waals surface area contributed by atoms with Crippen LogP contribution in [0, 0.1) is 5.82 Å². The van der Waals surface area contributed by atoms with Gasteiger partial charge in [0.25, 0.3) is 0 Å². The minimum atomic E-state index is -0.278. The third-order valence-corrected chi connectivity index (χ3v) is 5.35. The molecule has 0 saturated heterocycles. The Hall–Kier alpha value is -2.22. The molecule has 0 spiro atoms. The topological polar surface area (TPSA) is 69.6 Å². The Morgan fingerprint density at radius 3 is 2.68 bits per heavy atom. The summed E-state index contributed by atoms with van der Waals surface area (Å²) in [5, 5.41) is 17.5. The first-order chi connectivity index (χ1) is 12.3. The molecule has 2 fully saturated rings. The Kier molecular flexibility index (Phi) is 3.58. The first-order valence-corrected chi connectivity index (χ1v) is 9.43. The summed E-state index contributed by atoms with van der Waals surface area (Å²) in [6, 6.07) is 7.03. The molecule has 25 heavy (non-hydrogen) atoms. The fourth-order valence-electron chi connectivity index (χ4n) is 2.81. The van der Waals surface area contributed by atoms with Gasteiger partial charge in [-0.1, -0.05) is 23.9 Å². The third-order valence-electron chi connectivity index (χ3n) is 4.43. The quantitative estimate of drug-likeness (QED) is 0.622. The van der Waals surface area contributed by atoms with Gasteiger partial charge in [-0.25, -0.2) is 4.39 Å². The lowest BCUT2D eigenvalue weighted by molar-refractivity contribution is 0.466. The molecule has 2 heterocycles. The SMILES string of the molecule is Fc1ccccc1-c1nnc(SCc2nnc(C3CC3)o2)n1C1CC1. The molecular weight excluding hydrogens is 341 g/mol. The largest absolute Gasteiger partial charge is 0.424 e. The van der Waals surface area contributed by atoms with Gasteiger partial charge in [0.1, 0.15) is 5.82 Å². The standard InChI is InChI=1S/C17H16FN5OS/c18-13-4-2-1-3-12(13)15-20-22-17(23(15)11-7-8-11)25-9-14-19-21-16(24-14)10-5-6-10/h1-4,10-11H,5-9H2. The molecule has 2 aliphatic rings. The van der Waals surface area contributed by atoms with E-state index in [1.54, 1.807) is 12.1 Å². The second-order valence-electron chi connectivity index (χ2n) is 6.48. The Morgan fingerprint density at radius 2 is 1.92 bits per heavy atom. The highest BCUT2D eigenvalue weighted by atomic mass is 32.2. The van der Waals surface area contributed by atoms with Crippen LogP contribution >= 0.6 is 11.8 Å². The number of hydrogen-bond acceptors (Lipinski definition) is 6. The van der Waals surface area contributed by atoms with Crippen LogP contribution in [0.25, 0.3) is 11.4 Å². The zero-order valence-electron chi connectivity index (χ0n) is 13.4. The van der Waals surface area contributed by atoms with Crippen LogP contribution in [0.15, 0.2) is 33.8 Å². The summed E-state index contributed by atoms with van der Waals surface area (Å²) < 4.78 is 21.9. The zero-order valence-corrected chi connectivity index (χ0v) is 14.2. The van der Waals surface area contributed by atoms with Gasteiger partial charge in [0.05, 0.1) is 11.3 Å². The van der Waals surface area contributed by atoms with Crippen LogP contribution in [0.1, 0.15) is 49.4 Å². The minimum absolute atomic E-state index is 0.278. The summed E-state index contributed by atoms with van der Waals surface area (Å²) >= 11 is 1.51. The molecule has 0 bridgehead atoms. The fourth-order valence-corrected chi connectivity index (χ4v) is 3.65. The van der Waals surface area contributed by atoms with Crippen molar-refractivity contribution < 1.29 is 8.81 Å². The molecule has 5 rings (SSSR count). The highest BCUT2D eigenvalue weighted by Crippen LogP contribution is 2.42. The molecule has 0 unspecified atom stereocenters. The van der Waals surface area contributed by atoms with Crippen LogP contribution < -0.4 is 0 Å². The van der Waals surface area contributed by atoms with Crippen LogP contribution in [0.5, 0.6) is 0 Å². The van der Waals surface area contributed by atoms with Gasteiger partial charge in [-0.3, -0.25) is 4.57 Å². The summed E-state index contributed by atoms with van der Waals surface area (Å²) in [5.74, 6) is 2.65. The van der Waals surface area contributed by atoms with E-state index in [4.69, 9.17) is 4.42 Å². The smallest absolute Gasteiger partial charge is 0.226 e. The Morgan fingerprint density at radius 1 is 1.08 bits per heavy atom. The van der Waals surface area contributed by atoms with Crippen molar-refractivity contribution in [3.05, 3.63) is 41.9 Å². The highest BCUT2D eigenvalue weighted by molar-refractivity contribution is 7.98. The molecule has 1 aromatic carbocycles. The van der Waals surface area contributed by atoms with Gasteiger partial charge < -0.3 is 4.42 Å². The van der Waals surface area contributed by atoms with E-state index >= 15 is 0 Å². The second kappa shape index (κ2) is 5.94. The minimum Gasteiger partial charge on any atom is -0.424 e. The number of nitrogens with zero attached hydrogens (tertiary/aromatic N) is 5. The fraction of sp³-hybridized carbons (Fsp3) is 0.412. The van der Waals surface area contributed by atoms with Gasteiger partial charge in [0.2, 0.25) is 11.8 Å². The molecule has 0 atom stereocenters. The van der Waals surface area contributed by atoms with Crippen molar-refractivity contribution in [3.63, 3.8) is 0 Å². The Balaban J connectivity index is 1.40. The van der Waals surface area contributed by atoms with Crippen molar-refractivity contribution in [2.24, 2.45) is 0 Å². The van der Waals surface area contributed by atoms with E-state index in [1.165, 1.54) is 17.8 Å². The summed E-state index contributed by atoms with van der Waals surface area (Å²) in [5.41, 5.74) is 0.488. The maximum absolute atomic E-state index is 14.2. The molecule has 2 aliphatic carbocycles. The average molecular weight is 357 g/mol. The molecule has 0 amide bonds. The molecule has 0 N–H and O–H groups in total. The van der Waals surface area contributed by atoms with E-state index in [2.05, 4.69) is 20.4 Å². The van der Waals surface area contributed by atoms with Crippen LogP contribution in [-0.2, 0) is 5.75 Å². The third kappa shape index (κ3) is 2.95. The molecule has 2 aromatic heterocycles. The molecule has 0 radical (unpaired) electrons. The summed E-state index contributed by atoms with van der Waals surface area (Å²) in [7, 11) is 0. The van der Waals surface area contributed by atoms with E-state index in [0.717, 1.165) is 36.7 Å². The van der Waals surface area contributed by atoms with Gasteiger partial charge in [-0.2, -0.15) is 0 Å². The predicted octanol–water partition coefficient (Wildman–Crippen LogP) is 3.97. The van der Waals surface area contributed by atoms with Gasteiger partial charge in [0.15, 0.2) is 11.0 Å². The van der Waals surface area contributed by atoms with Crippen molar-refractivity contribution in [2.45, 2.75) is 48.6 Å². The van der Waals surface area contributed by atoms with Crippen LogP contribution in [0.2, 0.25) is 0 Å². The summed E-state index contributed by atoms with van der Waals surface area (Å²) in [4.78, 5) is 0. The van der Waals surface area contributed by atoms with Gasteiger partial charge in [0, 0.05) is 12.0 Å². The lowest BCUT2D eigenvalue weighted by Gasteiger charge is -2.08. The number of hydrogen-bond donors (Lipinski definition) is 0. The average Bonchev–Trinajstić information content (AvgIpc) is 3.56. The molecule has 0 aliphatic heterocycles. The number of aromatic nitrogens is 5. The molecule has 2 saturated carbocycles. The number of benzene rings is 1. The Bertz CT molecular complexity index is 915. The lowest BCUT2D eigenvalue weighted by Crippen LogP contribution is -2.01. The van der Waals surface area contributed by atoms with Crippen molar-refractivity contribution >= 4 is 11.8 Å². The monoisotopic (exact) mass is 357 g/mol. The van der Waals surface area contributed by atoms with Crippen molar-refractivity contribution in [3.8, 4) is 11.4 Å². The van der Waals surface area contributed by atoms with Gasteiger partial charge >= 0.3 is 0 Å². The van der Waals surface area contributed by atoms with Crippen molar-refractivity contribution in [1.29, 1.82) is 0 Å². The van der Waals surface area contributed by atoms with Crippen LogP contribution in [0.3, 0.4) is 0 Å². The van der Waals surface area contributed by atoms with E-state index in [0.29, 0.717) is 35.0 Å². The van der Waals surface area contributed by atoms with Crippen LogP contribution in [-0.4, -0.2) is 25.0 Å². The maximum atomic E-state index is 14.2.